The first-order chi connectivity index (χ1) is 10.2. The summed E-state index contributed by atoms with van der Waals surface area (Å²) >= 11 is 0. The van der Waals surface area contributed by atoms with E-state index < -0.39 is 0 Å². The Morgan fingerprint density at radius 3 is 1.86 bits per heavy atom. The highest BCUT2D eigenvalue weighted by atomic mass is 16.3. The van der Waals surface area contributed by atoms with Crippen molar-refractivity contribution in [1.82, 2.24) is 0 Å². The summed E-state index contributed by atoms with van der Waals surface area (Å²) in [6.07, 6.45) is 10.9. The van der Waals surface area contributed by atoms with E-state index in [4.69, 9.17) is 5.11 Å². The minimum absolute atomic E-state index is 0.142. The van der Waals surface area contributed by atoms with Crippen molar-refractivity contribution in [3.05, 3.63) is 35.9 Å². The second-order valence-electron chi connectivity index (χ2n) is 6.24. The Kier molecular flexibility index (Phi) is 10.2. The number of rotatable bonds is 12. The van der Waals surface area contributed by atoms with E-state index in [1.165, 1.54) is 37.7 Å². The molecule has 21 heavy (non-hydrogen) atoms. The molecule has 120 valence electrons. The third-order valence-electron chi connectivity index (χ3n) is 3.97. The second-order valence-corrected chi connectivity index (χ2v) is 6.24. The Morgan fingerprint density at radius 1 is 0.762 bits per heavy atom. The predicted molar refractivity (Wildman–Crippen MR) is 89.4 cm³/mol. The van der Waals surface area contributed by atoms with Crippen LogP contribution >= 0.6 is 0 Å². The van der Waals surface area contributed by atoms with Crippen LogP contribution in [0.15, 0.2) is 30.3 Å². The third kappa shape index (κ3) is 10.5. The van der Waals surface area contributed by atoms with E-state index in [0.717, 1.165) is 32.1 Å². The lowest BCUT2D eigenvalue weighted by atomic mass is 10.0. The van der Waals surface area contributed by atoms with Gasteiger partial charge in [0.2, 0.25) is 0 Å². The average molecular weight is 292 g/mol. The Balaban J connectivity index is 1.90. The van der Waals surface area contributed by atoms with Gasteiger partial charge < -0.3 is 10.2 Å². The van der Waals surface area contributed by atoms with Gasteiger partial charge in [0.1, 0.15) is 0 Å². The quantitative estimate of drug-likeness (QED) is 0.558. The van der Waals surface area contributed by atoms with Crippen LogP contribution in [0.4, 0.5) is 0 Å². The van der Waals surface area contributed by atoms with Crippen LogP contribution in [-0.4, -0.2) is 22.4 Å². The standard InChI is InChI=1S/C19H32O2/c1-17(20)12-8-5-3-2-4-6-11-15-19(21)16-18-13-9-7-10-14-18/h7,9-10,13-14,17,19-21H,2-6,8,11-12,15-16H2,1H3/t17-,19+/m0/s1. The van der Waals surface area contributed by atoms with Gasteiger partial charge in [-0.2, -0.15) is 0 Å². The number of benzene rings is 1. The summed E-state index contributed by atoms with van der Waals surface area (Å²) in [6.45, 7) is 1.86. The molecule has 1 rings (SSSR count). The normalized spacial score (nSPS) is 14.0. The highest BCUT2D eigenvalue weighted by Crippen LogP contribution is 2.13. The maximum atomic E-state index is 10.0. The highest BCUT2D eigenvalue weighted by molar-refractivity contribution is 5.15. The van der Waals surface area contributed by atoms with Crippen LogP contribution in [0.25, 0.3) is 0 Å². The number of unbranched alkanes of at least 4 members (excludes halogenated alkanes) is 6. The van der Waals surface area contributed by atoms with Crippen molar-refractivity contribution in [3.63, 3.8) is 0 Å². The molecule has 2 N–H and O–H groups in total. The Bertz CT molecular complexity index is 335. The zero-order chi connectivity index (χ0) is 15.3. The molecule has 0 saturated heterocycles. The van der Waals surface area contributed by atoms with E-state index in [2.05, 4.69) is 12.1 Å². The molecule has 0 radical (unpaired) electrons. The third-order valence-corrected chi connectivity index (χ3v) is 3.97. The van der Waals surface area contributed by atoms with Crippen molar-refractivity contribution in [2.75, 3.05) is 0 Å². The second kappa shape index (κ2) is 11.8. The van der Waals surface area contributed by atoms with Crippen molar-refractivity contribution in [1.29, 1.82) is 0 Å². The fourth-order valence-corrected chi connectivity index (χ4v) is 2.69. The monoisotopic (exact) mass is 292 g/mol. The van der Waals surface area contributed by atoms with Gasteiger partial charge in [0.25, 0.3) is 0 Å². The zero-order valence-electron chi connectivity index (χ0n) is 13.5. The SMILES string of the molecule is C[C@H](O)CCCCCCCCC[C@@H](O)Cc1ccccc1. The molecule has 0 amide bonds. The summed E-state index contributed by atoms with van der Waals surface area (Å²) < 4.78 is 0. The van der Waals surface area contributed by atoms with Crippen LogP contribution in [0.1, 0.15) is 70.3 Å². The highest BCUT2D eigenvalue weighted by Gasteiger charge is 2.04. The lowest BCUT2D eigenvalue weighted by molar-refractivity contribution is 0.161. The summed E-state index contributed by atoms with van der Waals surface area (Å²) in [6, 6.07) is 10.2. The van der Waals surface area contributed by atoms with E-state index in [1.54, 1.807) is 0 Å². The summed E-state index contributed by atoms with van der Waals surface area (Å²) in [4.78, 5) is 0. The van der Waals surface area contributed by atoms with Gasteiger partial charge in [0.15, 0.2) is 0 Å². The van der Waals surface area contributed by atoms with Gasteiger partial charge in [0.05, 0.1) is 12.2 Å². The average Bonchev–Trinajstić information content (AvgIpc) is 2.46. The van der Waals surface area contributed by atoms with Crippen LogP contribution in [0.5, 0.6) is 0 Å². The largest absolute Gasteiger partial charge is 0.393 e. The first kappa shape index (κ1) is 18.2. The van der Waals surface area contributed by atoms with E-state index in [0.29, 0.717) is 0 Å². The molecule has 0 aliphatic carbocycles. The molecule has 0 aromatic heterocycles. The molecule has 0 aliphatic rings. The van der Waals surface area contributed by atoms with Crippen LogP contribution in [-0.2, 0) is 6.42 Å². The fourth-order valence-electron chi connectivity index (χ4n) is 2.69. The van der Waals surface area contributed by atoms with Gasteiger partial charge in [0, 0.05) is 0 Å². The van der Waals surface area contributed by atoms with Crippen LogP contribution in [0.3, 0.4) is 0 Å². The summed E-state index contributed by atoms with van der Waals surface area (Å²) in [7, 11) is 0. The molecule has 0 heterocycles. The van der Waals surface area contributed by atoms with Gasteiger partial charge in [-0.3, -0.25) is 0 Å². The minimum atomic E-state index is -0.196. The topological polar surface area (TPSA) is 40.5 Å². The van der Waals surface area contributed by atoms with Crippen molar-refractivity contribution in [3.8, 4) is 0 Å². The van der Waals surface area contributed by atoms with Crippen LogP contribution in [0.2, 0.25) is 0 Å². The fraction of sp³-hybridized carbons (Fsp3) is 0.684. The predicted octanol–water partition coefficient (Wildman–Crippen LogP) is 4.48. The number of aliphatic hydroxyl groups excluding tert-OH is 2. The molecule has 0 bridgehead atoms. The van der Waals surface area contributed by atoms with E-state index in [1.807, 2.05) is 25.1 Å². The number of aliphatic hydroxyl groups is 2. The van der Waals surface area contributed by atoms with Crippen molar-refractivity contribution < 1.29 is 10.2 Å². The Labute approximate surface area is 130 Å². The molecule has 2 atom stereocenters. The molecular weight excluding hydrogens is 260 g/mol. The molecule has 0 unspecified atom stereocenters. The van der Waals surface area contributed by atoms with Gasteiger partial charge in [-0.05, 0) is 31.7 Å². The Hall–Kier alpha value is -0.860. The maximum Gasteiger partial charge on any atom is 0.0580 e. The van der Waals surface area contributed by atoms with Crippen molar-refractivity contribution in [2.45, 2.75) is 83.3 Å². The molecular formula is C19H32O2. The molecule has 0 aliphatic heterocycles. The summed E-state index contributed by atoms with van der Waals surface area (Å²) in [5.74, 6) is 0. The zero-order valence-corrected chi connectivity index (χ0v) is 13.5. The lowest BCUT2D eigenvalue weighted by Crippen LogP contribution is -2.10. The first-order valence-electron chi connectivity index (χ1n) is 8.58. The summed E-state index contributed by atoms with van der Waals surface area (Å²) in [5, 5.41) is 19.2. The molecule has 0 spiro atoms. The molecule has 1 aromatic rings. The maximum absolute atomic E-state index is 10.0. The van der Waals surface area contributed by atoms with E-state index in [9.17, 15) is 5.11 Å². The molecule has 1 aromatic carbocycles. The van der Waals surface area contributed by atoms with Gasteiger partial charge in [-0.15, -0.1) is 0 Å². The molecule has 2 heteroatoms. The summed E-state index contributed by atoms with van der Waals surface area (Å²) in [5.41, 5.74) is 1.23. The molecule has 0 fully saturated rings. The number of hydrogen-bond donors (Lipinski definition) is 2. The minimum Gasteiger partial charge on any atom is -0.393 e. The van der Waals surface area contributed by atoms with Crippen molar-refractivity contribution in [2.24, 2.45) is 0 Å². The molecule has 2 nitrogen and oxygen atoms in total. The van der Waals surface area contributed by atoms with Crippen LogP contribution < -0.4 is 0 Å². The first-order valence-corrected chi connectivity index (χ1v) is 8.58. The number of hydrogen-bond acceptors (Lipinski definition) is 2. The van der Waals surface area contributed by atoms with E-state index >= 15 is 0 Å². The van der Waals surface area contributed by atoms with E-state index in [-0.39, 0.29) is 12.2 Å². The van der Waals surface area contributed by atoms with Crippen molar-refractivity contribution >= 4 is 0 Å². The van der Waals surface area contributed by atoms with Gasteiger partial charge >= 0.3 is 0 Å². The van der Waals surface area contributed by atoms with Gasteiger partial charge in [-0.25, -0.2) is 0 Å². The van der Waals surface area contributed by atoms with Gasteiger partial charge in [-0.1, -0.05) is 75.3 Å². The van der Waals surface area contributed by atoms with Crippen LogP contribution in [0, 0.1) is 0 Å². The molecule has 0 saturated carbocycles. The smallest absolute Gasteiger partial charge is 0.0580 e. The lowest BCUT2D eigenvalue weighted by Gasteiger charge is -2.10. The Morgan fingerprint density at radius 2 is 1.29 bits per heavy atom.